The fourth-order valence-corrected chi connectivity index (χ4v) is 5.31. The van der Waals surface area contributed by atoms with Crippen LogP contribution in [0.1, 0.15) is 62.4 Å². The normalized spacial score (nSPS) is 12.8. The predicted octanol–water partition coefficient (Wildman–Crippen LogP) is 6.19. The molecule has 0 bridgehead atoms. The number of carbonyl (C=O) groups is 2. The highest BCUT2D eigenvalue weighted by molar-refractivity contribution is 7.17. The Balaban J connectivity index is 1.49. The van der Waals surface area contributed by atoms with E-state index in [4.69, 9.17) is 25.5 Å². The third kappa shape index (κ3) is 4.69. The standard InChI is InChI=1S/C24H24ClNO5S/c1-3-29-24(28)20-16-8-4-5-10-19(16)32-23(20)26-22(27)18-12-11-15(31-18)13-30-21-14(2)7-6-9-17(21)25/h6-7,9,11-12H,3-5,8,10,13H2,1-2H3,(H,26,27). The zero-order valence-electron chi connectivity index (χ0n) is 18.0. The Morgan fingerprint density at radius 1 is 1.19 bits per heavy atom. The summed E-state index contributed by atoms with van der Waals surface area (Å²) in [7, 11) is 0. The first-order valence-electron chi connectivity index (χ1n) is 10.6. The molecule has 0 saturated heterocycles. The second kappa shape index (κ2) is 9.79. The van der Waals surface area contributed by atoms with Gasteiger partial charge in [0.2, 0.25) is 0 Å². The number of hydrogen-bond donors (Lipinski definition) is 1. The highest BCUT2D eigenvalue weighted by Gasteiger charge is 2.28. The quantitative estimate of drug-likeness (QED) is 0.414. The average Bonchev–Trinajstić information content (AvgIpc) is 3.38. The van der Waals surface area contributed by atoms with E-state index in [1.165, 1.54) is 11.3 Å². The van der Waals surface area contributed by atoms with Gasteiger partial charge >= 0.3 is 5.97 Å². The lowest BCUT2D eigenvalue weighted by Gasteiger charge is -2.12. The van der Waals surface area contributed by atoms with Crippen LogP contribution < -0.4 is 10.1 Å². The summed E-state index contributed by atoms with van der Waals surface area (Å²) >= 11 is 7.63. The molecule has 4 rings (SSSR count). The van der Waals surface area contributed by atoms with Gasteiger partial charge < -0.3 is 19.2 Å². The van der Waals surface area contributed by atoms with Crippen molar-refractivity contribution < 1.29 is 23.5 Å². The molecule has 3 aromatic rings. The van der Waals surface area contributed by atoms with E-state index in [9.17, 15) is 9.59 Å². The van der Waals surface area contributed by atoms with Crippen LogP contribution in [0.25, 0.3) is 0 Å². The van der Waals surface area contributed by atoms with Crippen molar-refractivity contribution in [2.45, 2.75) is 46.1 Å². The number of furan rings is 1. The Kier molecular flexibility index (Phi) is 6.86. The largest absolute Gasteiger partial charge is 0.484 e. The molecule has 168 valence electrons. The smallest absolute Gasteiger partial charge is 0.341 e. The molecule has 0 unspecified atom stereocenters. The fourth-order valence-electron chi connectivity index (χ4n) is 3.76. The number of ether oxygens (including phenoxy) is 2. The molecule has 0 aliphatic heterocycles. The summed E-state index contributed by atoms with van der Waals surface area (Å²) in [4.78, 5) is 26.6. The minimum atomic E-state index is -0.422. The second-order valence-corrected chi connectivity index (χ2v) is 9.04. The van der Waals surface area contributed by atoms with E-state index in [0.29, 0.717) is 27.1 Å². The third-order valence-corrected chi connectivity index (χ3v) is 6.79. The molecule has 1 aliphatic rings. The van der Waals surface area contributed by atoms with E-state index in [1.54, 1.807) is 25.1 Å². The van der Waals surface area contributed by atoms with Gasteiger partial charge in [0.1, 0.15) is 23.1 Å². The van der Waals surface area contributed by atoms with Gasteiger partial charge in [0.25, 0.3) is 5.91 Å². The summed E-state index contributed by atoms with van der Waals surface area (Å²) in [6, 6.07) is 8.79. The number of fused-ring (bicyclic) bond motifs is 1. The summed E-state index contributed by atoms with van der Waals surface area (Å²) < 4.78 is 16.7. The number of benzene rings is 1. The number of nitrogens with one attached hydrogen (secondary N) is 1. The van der Waals surface area contributed by atoms with Crippen molar-refractivity contribution in [1.82, 2.24) is 0 Å². The SMILES string of the molecule is CCOC(=O)c1c(NC(=O)c2ccc(COc3c(C)cccc3Cl)o2)sc2c1CCCC2. The van der Waals surface area contributed by atoms with Gasteiger partial charge in [-0.05, 0) is 68.9 Å². The number of rotatable bonds is 7. The number of para-hydroxylation sites is 1. The van der Waals surface area contributed by atoms with E-state index >= 15 is 0 Å². The molecule has 2 heterocycles. The van der Waals surface area contributed by atoms with Crippen LogP contribution in [0.2, 0.25) is 5.02 Å². The molecule has 6 nitrogen and oxygen atoms in total. The maximum absolute atomic E-state index is 12.8. The van der Waals surface area contributed by atoms with Crippen molar-refractivity contribution in [2.75, 3.05) is 11.9 Å². The molecule has 0 atom stereocenters. The first-order valence-corrected chi connectivity index (χ1v) is 11.8. The number of anilines is 1. The van der Waals surface area contributed by atoms with Gasteiger partial charge in [-0.15, -0.1) is 11.3 Å². The minimum absolute atomic E-state index is 0.138. The Hall–Kier alpha value is -2.77. The lowest BCUT2D eigenvalue weighted by atomic mass is 9.95. The molecular formula is C24H24ClNO5S. The molecule has 1 aromatic carbocycles. The van der Waals surface area contributed by atoms with Gasteiger partial charge in [-0.3, -0.25) is 4.79 Å². The van der Waals surface area contributed by atoms with Crippen LogP contribution in [0, 0.1) is 6.92 Å². The van der Waals surface area contributed by atoms with Gasteiger partial charge in [0.15, 0.2) is 5.76 Å². The van der Waals surface area contributed by atoms with Crippen LogP contribution in [0.3, 0.4) is 0 Å². The van der Waals surface area contributed by atoms with Crippen molar-refractivity contribution in [3.05, 3.63) is 68.4 Å². The average molecular weight is 474 g/mol. The zero-order valence-corrected chi connectivity index (χ0v) is 19.5. The van der Waals surface area contributed by atoms with Crippen LogP contribution in [0.15, 0.2) is 34.7 Å². The number of aryl methyl sites for hydroxylation is 2. The summed E-state index contributed by atoms with van der Waals surface area (Å²) in [6.07, 6.45) is 3.83. The summed E-state index contributed by atoms with van der Waals surface area (Å²) in [5.74, 6) is 0.395. The molecule has 0 fully saturated rings. The van der Waals surface area contributed by atoms with Gasteiger partial charge in [0.05, 0.1) is 17.2 Å². The number of halogens is 1. The predicted molar refractivity (Wildman–Crippen MR) is 124 cm³/mol. The molecular weight excluding hydrogens is 450 g/mol. The van der Waals surface area contributed by atoms with Crippen LogP contribution in [0.5, 0.6) is 5.75 Å². The fraction of sp³-hybridized carbons (Fsp3) is 0.333. The summed E-state index contributed by atoms with van der Waals surface area (Å²) in [5.41, 5.74) is 2.39. The maximum atomic E-state index is 12.8. The van der Waals surface area contributed by atoms with Crippen LogP contribution in [-0.4, -0.2) is 18.5 Å². The van der Waals surface area contributed by atoms with Crippen LogP contribution in [0.4, 0.5) is 5.00 Å². The van der Waals surface area contributed by atoms with E-state index in [1.807, 2.05) is 19.1 Å². The topological polar surface area (TPSA) is 77.8 Å². The first kappa shape index (κ1) is 22.4. The molecule has 0 spiro atoms. The number of carbonyl (C=O) groups excluding carboxylic acids is 2. The Labute approximate surface area is 195 Å². The van der Waals surface area contributed by atoms with Gasteiger partial charge in [0, 0.05) is 4.88 Å². The monoisotopic (exact) mass is 473 g/mol. The highest BCUT2D eigenvalue weighted by atomic mass is 35.5. The molecule has 8 heteroatoms. The van der Waals surface area contributed by atoms with Crippen molar-refractivity contribution in [2.24, 2.45) is 0 Å². The Morgan fingerprint density at radius 3 is 2.78 bits per heavy atom. The number of amides is 1. The van der Waals surface area contributed by atoms with Gasteiger partial charge in [-0.1, -0.05) is 23.7 Å². The van der Waals surface area contributed by atoms with Crippen molar-refractivity contribution in [1.29, 1.82) is 0 Å². The maximum Gasteiger partial charge on any atom is 0.341 e. The Morgan fingerprint density at radius 2 is 2.00 bits per heavy atom. The van der Waals surface area contributed by atoms with E-state index in [0.717, 1.165) is 41.7 Å². The van der Waals surface area contributed by atoms with Crippen molar-refractivity contribution in [3.8, 4) is 5.75 Å². The van der Waals surface area contributed by atoms with E-state index < -0.39 is 11.9 Å². The number of hydrogen-bond acceptors (Lipinski definition) is 6. The van der Waals surface area contributed by atoms with Crippen molar-refractivity contribution in [3.63, 3.8) is 0 Å². The van der Waals surface area contributed by atoms with Gasteiger partial charge in [-0.2, -0.15) is 0 Å². The molecule has 32 heavy (non-hydrogen) atoms. The van der Waals surface area contributed by atoms with E-state index in [2.05, 4.69) is 5.32 Å². The minimum Gasteiger partial charge on any atom is -0.484 e. The molecule has 1 N–H and O–H groups in total. The number of esters is 1. The van der Waals surface area contributed by atoms with Crippen LogP contribution in [-0.2, 0) is 24.2 Å². The Bertz CT molecular complexity index is 1130. The van der Waals surface area contributed by atoms with E-state index in [-0.39, 0.29) is 19.0 Å². The lowest BCUT2D eigenvalue weighted by molar-refractivity contribution is 0.0526. The highest BCUT2D eigenvalue weighted by Crippen LogP contribution is 2.39. The molecule has 2 aromatic heterocycles. The lowest BCUT2D eigenvalue weighted by Crippen LogP contribution is -2.15. The van der Waals surface area contributed by atoms with Gasteiger partial charge in [-0.25, -0.2) is 4.79 Å². The van der Waals surface area contributed by atoms with Crippen molar-refractivity contribution >= 4 is 39.8 Å². The molecule has 1 aliphatic carbocycles. The second-order valence-electron chi connectivity index (χ2n) is 7.53. The molecule has 1 amide bonds. The molecule has 0 saturated carbocycles. The third-order valence-electron chi connectivity index (χ3n) is 5.29. The first-order chi connectivity index (χ1) is 15.5. The molecule has 0 radical (unpaired) electrons. The summed E-state index contributed by atoms with van der Waals surface area (Å²) in [5, 5.41) is 3.88. The number of thiophene rings is 1. The van der Waals surface area contributed by atoms with Crippen LogP contribution >= 0.6 is 22.9 Å². The summed E-state index contributed by atoms with van der Waals surface area (Å²) in [6.45, 7) is 4.10. The zero-order chi connectivity index (χ0) is 22.7.